The van der Waals surface area contributed by atoms with Gasteiger partial charge < -0.3 is 13.7 Å². The molecule has 1 heterocycles. The Labute approximate surface area is 154 Å². The van der Waals surface area contributed by atoms with Crippen molar-refractivity contribution in [3.05, 3.63) is 65.7 Å². The predicted molar refractivity (Wildman–Crippen MR) is 98.4 cm³/mol. The molecular formula is C19H23NO5S. The van der Waals surface area contributed by atoms with E-state index < -0.39 is 10.1 Å². The highest BCUT2D eigenvalue weighted by Crippen LogP contribution is 2.30. The second-order valence-corrected chi connectivity index (χ2v) is 7.78. The molecule has 0 amide bonds. The molecule has 1 aliphatic rings. The molecule has 3 rings (SSSR count). The molecule has 140 valence electrons. The van der Waals surface area contributed by atoms with E-state index in [1.54, 1.807) is 19.2 Å². The summed E-state index contributed by atoms with van der Waals surface area (Å²) in [7, 11) is -1.82. The van der Waals surface area contributed by atoms with Crippen LogP contribution in [0.2, 0.25) is 0 Å². The Kier molecular flexibility index (Phi) is 5.93. The minimum absolute atomic E-state index is 0.114. The van der Waals surface area contributed by atoms with Crippen molar-refractivity contribution in [2.75, 3.05) is 33.1 Å². The van der Waals surface area contributed by atoms with Crippen molar-refractivity contribution in [3.8, 4) is 5.75 Å². The number of hydrogen-bond acceptors (Lipinski definition) is 6. The van der Waals surface area contributed by atoms with Crippen molar-refractivity contribution in [1.29, 1.82) is 0 Å². The van der Waals surface area contributed by atoms with Crippen LogP contribution in [0.5, 0.6) is 5.75 Å². The highest BCUT2D eigenvalue weighted by atomic mass is 32.2. The van der Waals surface area contributed by atoms with Crippen LogP contribution in [0, 0.1) is 0 Å². The summed E-state index contributed by atoms with van der Waals surface area (Å²) in [6, 6.07) is 17.0. The summed E-state index contributed by atoms with van der Waals surface area (Å²) in [5.41, 5.74) is 2.08. The zero-order chi connectivity index (χ0) is 18.6. The van der Waals surface area contributed by atoms with E-state index in [0.29, 0.717) is 18.9 Å². The summed E-state index contributed by atoms with van der Waals surface area (Å²) < 4.78 is 38.9. The van der Waals surface area contributed by atoms with Crippen molar-refractivity contribution >= 4 is 10.1 Å². The third kappa shape index (κ3) is 4.82. The molecule has 6 nitrogen and oxygen atoms in total. The molecular weight excluding hydrogens is 354 g/mol. The van der Waals surface area contributed by atoms with Crippen molar-refractivity contribution in [2.24, 2.45) is 0 Å². The van der Waals surface area contributed by atoms with Gasteiger partial charge in [0.1, 0.15) is 12.0 Å². The minimum Gasteiger partial charge on any atom is -0.383 e. The molecule has 7 heteroatoms. The molecule has 0 saturated carbocycles. The Hall–Kier alpha value is -1.93. The van der Waals surface area contributed by atoms with Gasteiger partial charge in [0.15, 0.2) is 0 Å². The van der Waals surface area contributed by atoms with Gasteiger partial charge in [-0.3, -0.25) is 4.90 Å². The van der Waals surface area contributed by atoms with Crippen LogP contribution in [-0.4, -0.2) is 46.4 Å². The maximum atomic E-state index is 11.2. The van der Waals surface area contributed by atoms with Gasteiger partial charge in [-0.25, -0.2) is 0 Å². The van der Waals surface area contributed by atoms with Crippen LogP contribution in [0.3, 0.4) is 0 Å². The van der Waals surface area contributed by atoms with Gasteiger partial charge in [-0.05, 0) is 23.3 Å². The second kappa shape index (κ2) is 8.18. The van der Waals surface area contributed by atoms with E-state index in [0.717, 1.165) is 23.9 Å². The molecule has 1 unspecified atom stereocenters. The monoisotopic (exact) mass is 377 g/mol. The molecule has 26 heavy (non-hydrogen) atoms. The molecule has 0 aromatic heterocycles. The van der Waals surface area contributed by atoms with Gasteiger partial charge in [0, 0.05) is 20.2 Å². The molecule has 1 saturated heterocycles. The second-order valence-electron chi connectivity index (χ2n) is 6.21. The van der Waals surface area contributed by atoms with E-state index in [4.69, 9.17) is 13.7 Å². The molecule has 1 aliphatic heterocycles. The SMILES string of the molecule is COC(c1ccccc1)N1CCO[C@@H](c2ccc(OS(C)(=O)=O)cc2)C1. The fourth-order valence-corrected chi connectivity index (χ4v) is 3.57. The molecule has 0 aliphatic carbocycles. The number of hydrogen-bond donors (Lipinski definition) is 0. The highest BCUT2D eigenvalue weighted by molar-refractivity contribution is 7.86. The Balaban J connectivity index is 1.72. The highest BCUT2D eigenvalue weighted by Gasteiger charge is 2.28. The van der Waals surface area contributed by atoms with Gasteiger partial charge in [0.05, 0.1) is 19.0 Å². The van der Waals surface area contributed by atoms with Crippen LogP contribution >= 0.6 is 0 Å². The summed E-state index contributed by atoms with van der Waals surface area (Å²) in [4.78, 5) is 2.24. The number of methoxy groups -OCH3 is 1. The summed E-state index contributed by atoms with van der Waals surface area (Å²) in [5, 5.41) is 0. The Morgan fingerprint density at radius 2 is 1.81 bits per heavy atom. The zero-order valence-corrected chi connectivity index (χ0v) is 15.7. The third-order valence-corrected chi connectivity index (χ3v) is 4.73. The van der Waals surface area contributed by atoms with Crippen LogP contribution in [-0.2, 0) is 19.6 Å². The van der Waals surface area contributed by atoms with Gasteiger partial charge in [-0.1, -0.05) is 42.5 Å². The first-order valence-electron chi connectivity index (χ1n) is 8.39. The molecule has 0 N–H and O–H groups in total. The first-order valence-corrected chi connectivity index (χ1v) is 10.2. The van der Waals surface area contributed by atoms with Crippen molar-refractivity contribution in [3.63, 3.8) is 0 Å². The maximum absolute atomic E-state index is 11.2. The summed E-state index contributed by atoms with van der Waals surface area (Å²) in [6.07, 6.45) is 0.783. The number of ether oxygens (including phenoxy) is 2. The quantitative estimate of drug-likeness (QED) is 0.722. The van der Waals surface area contributed by atoms with E-state index in [1.807, 2.05) is 30.3 Å². The molecule has 1 fully saturated rings. The topological polar surface area (TPSA) is 65.1 Å². The lowest BCUT2D eigenvalue weighted by molar-refractivity contribution is -0.111. The first kappa shape index (κ1) is 18.8. The van der Waals surface area contributed by atoms with Gasteiger partial charge in [0.2, 0.25) is 0 Å². The Morgan fingerprint density at radius 3 is 2.42 bits per heavy atom. The van der Waals surface area contributed by atoms with E-state index in [-0.39, 0.29) is 12.3 Å². The van der Waals surface area contributed by atoms with Crippen molar-refractivity contribution < 1.29 is 22.1 Å². The Bertz CT molecular complexity index is 808. The molecule has 2 aromatic rings. The number of nitrogens with zero attached hydrogens (tertiary/aromatic N) is 1. The van der Waals surface area contributed by atoms with E-state index in [2.05, 4.69) is 17.0 Å². The normalized spacial score (nSPS) is 19.8. The largest absolute Gasteiger partial charge is 0.383 e. The fraction of sp³-hybridized carbons (Fsp3) is 0.368. The molecule has 0 spiro atoms. The molecule has 0 bridgehead atoms. The minimum atomic E-state index is -3.52. The van der Waals surface area contributed by atoms with Crippen LogP contribution in [0.15, 0.2) is 54.6 Å². The van der Waals surface area contributed by atoms with Crippen LogP contribution in [0.25, 0.3) is 0 Å². The Morgan fingerprint density at radius 1 is 1.12 bits per heavy atom. The number of benzene rings is 2. The van der Waals surface area contributed by atoms with Crippen LogP contribution in [0.1, 0.15) is 23.5 Å². The summed E-state index contributed by atoms with van der Waals surface area (Å²) >= 11 is 0. The fourth-order valence-electron chi connectivity index (χ4n) is 3.11. The van der Waals surface area contributed by atoms with Crippen molar-refractivity contribution in [2.45, 2.75) is 12.3 Å². The molecule has 0 radical (unpaired) electrons. The van der Waals surface area contributed by atoms with Gasteiger partial charge in [-0.15, -0.1) is 0 Å². The smallest absolute Gasteiger partial charge is 0.306 e. The average Bonchev–Trinajstić information content (AvgIpc) is 2.63. The predicted octanol–water partition coefficient (Wildman–Crippen LogP) is 2.74. The van der Waals surface area contributed by atoms with Gasteiger partial charge in [-0.2, -0.15) is 8.42 Å². The zero-order valence-electron chi connectivity index (χ0n) is 14.9. The number of morpholine rings is 1. The molecule has 2 atom stereocenters. The van der Waals surface area contributed by atoms with E-state index >= 15 is 0 Å². The summed E-state index contributed by atoms with van der Waals surface area (Å²) in [6.45, 7) is 2.05. The van der Waals surface area contributed by atoms with E-state index in [1.165, 1.54) is 0 Å². The van der Waals surface area contributed by atoms with Crippen LogP contribution < -0.4 is 4.18 Å². The van der Waals surface area contributed by atoms with Crippen LogP contribution in [0.4, 0.5) is 0 Å². The maximum Gasteiger partial charge on any atom is 0.306 e. The third-order valence-electron chi connectivity index (χ3n) is 4.24. The van der Waals surface area contributed by atoms with Gasteiger partial charge >= 0.3 is 10.1 Å². The lowest BCUT2D eigenvalue weighted by Gasteiger charge is -2.37. The number of rotatable bonds is 6. The average molecular weight is 377 g/mol. The molecule has 2 aromatic carbocycles. The van der Waals surface area contributed by atoms with Crippen molar-refractivity contribution in [1.82, 2.24) is 4.90 Å². The standard InChI is InChI=1S/C19H23NO5S/c1-23-19(16-6-4-3-5-7-16)20-12-13-24-18(14-20)15-8-10-17(11-9-15)25-26(2,21)22/h3-11,18-19H,12-14H2,1-2H3/t18-,19?/m1/s1. The lowest BCUT2D eigenvalue weighted by Crippen LogP contribution is -2.41. The summed E-state index contributed by atoms with van der Waals surface area (Å²) in [5.74, 6) is 0.294. The van der Waals surface area contributed by atoms with Gasteiger partial charge in [0.25, 0.3) is 0 Å². The lowest BCUT2D eigenvalue weighted by atomic mass is 10.1. The van der Waals surface area contributed by atoms with E-state index in [9.17, 15) is 8.42 Å². The first-order chi connectivity index (χ1) is 12.5.